The third-order valence-corrected chi connectivity index (χ3v) is 4.25. The lowest BCUT2D eigenvalue weighted by Gasteiger charge is -2.26. The quantitative estimate of drug-likeness (QED) is 0.879. The van der Waals surface area contributed by atoms with Crippen LogP contribution in [0.1, 0.15) is 16.0 Å². The van der Waals surface area contributed by atoms with E-state index in [1.54, 1.807) is 17.0 Å². The van der Waals surface area contributed by atoms with E-state index < -0.39 is 0 Å². The Labute approximate surface area is 105 Å². The third kappa shape index (κ3) is 2.35. The van der Waals surface area contributed by atoms with Crippen molar-refractivity contribution in [3.63, 3.8) is 0 Å². The van der Waals surface area contributed by atoms with Crippen LogP contribution in [0.4, 0.5) is 0 Å². The molecular weight excluding hydrogens is 230 g/mol. The van der Waals surface area contributed by atoms with Gasteiger partial charge in [-0.05, 0) is 41.1 Å². The fourth-order valence-electron chi connectivity index (χ4n) is 2.30. The molecule has 1 N–H and O–H groups in total. The molecule has 0 fully saturated rings. The Kier molecular flexibility index (Phi) is 2.87. The molecule has 0 saturated heterocycles. The van der Waals surface area contributed by atoms with Crippen LogP contribution in [0.3, 0.4) is 0 Å². The van der Waals surface area contributed by atoms with Crippen LogP contribution in [0.5, 0.6) is 5.75 Å². The lowest BCUT2D eigenvalue weighted by atomic mass is 10.1. The maximum atomic E-state index is 9.25. The molecule has 0 aliphatic carbocycles. The molecule has 1 aromatic heterocycles. The normalized spacial score (nSPS) is 15.8. The monoisotopic (exact) mass is 245 g/mol. The van der Waals surface area contributed by atoms with E-state index in [1.165, 1.54) is 17.5 Å². The van der Waals surface area contributed by atoms with E-state index in [-0.39, 0.29) is 0 Å². The van der Waals surface area contributed by atoms with Gasteiger partial charge in [0, 0.05) is 24.5 Å². The molecule has 88 valence electrons. The highest BCUT2D eigenvalue weighted by Gasteiger charge is 2.16. The van der Waals surface area contributed by atoms with E-state index >= 15 is 0 Å². The van der Waals surface area contributed by atoms with Crippen molar-refractivity contribution >= 4 is 11.3 Å². The zero-order valence-electron chi connectivity index (χ0n) is 9.60. The number of phenols is 1. The first-order valence-corrected chi connectivity index (χ1v) is 6.75. The molecule has 1 aromatic carbocycles. The number of hydrogen-bond donors (Lipinski definition) is 1. The van der Waals surface area contributed by atoms with Gasteiger partial charge in [-0.15, -0.1) is 11.3 Å². The Bertz CT molecular complexity index is 503. The molecule has 2 heterocycles. The van der Waals surface area contributed by atoms with Gasteiger partial charge in [-0.25, -0.2) is 0 Å². The van der Waals surface area contributed by atoms with E-state index in [4.69, 9.17) is 0 Å². The summed E-state index contributed by atoms with van der Waals surface area (Å²) in [5.74, 6) is 0.340. The van der Waals surface area contributed by atoms with Crippen molar-refractivity contribution in [2.75, 3.05) is 6.54 Å². The number of thiophene rings is 1. The molecule has 3 heteroatoms. The number of benzene rings is 1. The zero-order valence-corrected chi connectivity index (χ0v) is 10.4. The van der Waals surface area contributed by atoms with E-state index in [9.17, 15) is 5.11 Å². The summed E-state index contributed by atoms with van der Waals surface area (Å²) in [7, 11) is 0. The van der Waals surface area contributed by atoms with Crippen LogP contribution in [0.15, 0.2) is 35.7 Å². The second kappa shape index (κ2) is 4.51. The number of aromatic hydroxyl groups is 1. The van der Waals surface area contributed by atoms with Gasteiger partial charge < -0.3 is 5.11 Å². The molecule has 0 bridgehead atoms. The van der Waals surface area contributed by atoms with Gasteiger partial charge in [-0.3, -0.25) is 4.90 Å². The predicted molar refractivity (Wildman–Crippen MR) is 70.2 cm³/mol. The molecule has 2 nitrogen and oxygen atoms in total. The summed E-state index contributed by atoms with van der Waals surface area (Å²) in [6.45, 7) is 3.16. The van der Waals surface area contributed by atoms with Crippen LogP contribution in [0, 0.1) is 0 Å². The molecule has 0 saturated carbocycles. The molecule has 17 heavy (non-hydrogen) atoms. The largest absolute Gasteiger partial charge is 0.508 e. The fourth-order valence-corrected chi connectivity index (χ4v) is 3.19. The van der Waals surface area contributed by atoms with Gasteiger partial charge in [0.1, 0.15) is 5.75 Å². The molecule has 0 unspecified atom stereocenters. The Morgan fingerprint density at radius 1 is 1.18 bits per heavy atom. The minimum absolute atomic E-state index is 0.340. The number of phenolic OH excluding ortho intramolecular Hbond substituents is 1. The zero-order chi connectivity index (χ0) is 11.7. The molecular formula is C14H15NOS. The van der Waals surface area contributed by atoms with E-state index in [0.29, 0.717) is 5.75 Å². The average Bonchev–Trinajstić information content (AvgIpc) is 2.79. The first-order valence-electron chi connectivity index (χ1n) is 5.87. The van der Waals surface area contributed by atoms with Crippen molar-refractivity contribution in [1.29, 1.82) is 0 Å². The van der Waals surface area contributed by atoms with Crippen LogP contribution in [-0.2, 0) is 19.5 Å². The first-order chi connectivity index (χ1) is 8.31. The Morgan fingerprint density at radius 2 is 2.00 bits per heavy atom. The molecule has 2 aromatic rings. The minimum Gasteiger partial charge on any atom is -0.508 e. The summed E-state index contributed by atoms with van der Waals surface area (Å²) in [5, 5.41) is 11.4. The SMILES string of the molecule is Oc1ccc(CN2CCc3sccc3C2)cc1. The highest BCUT2D eigenvalue weighted by Crippen LogP contribution is 2.25. The second-order valence-electron chi connectivity index (χ2n) is 4.50. The van der Waals surface area contributed by atoms with Crippen molar-refractivity contribution in [2.24, 2.45) is 0 Å². The molecule has 0 spiro atoms. The van der Waals surface area contributed by atoms with Crippen molar-refractivity contribution in [3.8, 4) is 5.75 Å². The summed E-state index contributed by atoms with van der Waals surface area (Å²) < 4.78 is 0. The summed E-state index contributed by atoms with van der Waals surface area (Å²) in [4.78, 5) is 4.01. The third-order valence-electron chi connectivity index (χ3n) is 3.23. The summed E-state index contributed by atoms with van der Waals surface area (Å²) in [6, 6.07) is 9.75. The number of fused-ring (bicyclic) bond motifs is 1. The van der Waals surface area contributed by atoms with Crippen LogP contribution in [-0.4, -0.2) is 16.6 Å². The smallest absolute Gasteiger partial charge is 0.115 e. The van der Waals surface area contributed by atoms with Gasteiger partial charge in [0.15, 0.2) is 0 Å². The Balaban J connectivity index is 1.69. The second-order valence-corrected chi connectivity index (χ2v) is 5.50. The van der Waals surface area contributed by atoms with Crippen LogP contribution < -0.4 is 0 Å². The molecule has 1 aliphatic rings. The van der Waals surface area contributed by atoms with Crippen molar-refractivity contribution < 1.29 is 5.11 Å². The lowest BCUT2D eigenvalue weighted by molar-refractivity contribution is 0.247. The molecule has 1 aliphatic heterocycles. The summed E-state index contributed by atoms with van der Waals surface area (Å²) >= 11 is 1.88. The van der Waals surface area contributed by atoms with E-state index in [0.717, 1.165) is 19.6 Å². The highest BCUT2D eigenvalue weighted by molar-refractivity contribution is 7.10. The topological polar surface area (TPSA) is 23.5 Å². The van der Waals surface area contributed by atoms with Gasteiger partial charge in [-0.2, -0.15) is 0 Å². The first kappa shape index (κ1) is 10.8. The van der Waals surface area contributed by atoms with Gasteiger partial charge >= 0.3 is 0 Å². The lowest BCUT2D eigenvalue weighted by Crippen LogP contribution is -2.29. The van der Waals surface area contributed by atoms with Crippen molar-refractivity contribution in [3.05, 3.63) is 51.7 Å². The predicted octanol–water partition coefficient (Wildman–Crippen LogP) is 3.01. The van der Waals surface area contributed by atoms with Gasteiger partial charge in [0.2, 0.25) is 0 Å². The standard InChI is InChI=1S/C14H15NOS/c16-13-3-1-11(2-4-13)9-15-7-5-14-12(10-15)6-8-17-14/h1-4,6,8,16H,5,7,9-10H2. The molecule has 0 radical (unpaired) electrons. The van der Waals surface area contributed by atoms with Gasteiger partial charge in [0.25, 0.3) is 0 Å². The molecule has 0 amide bonds. The van der Waals surface area contributed by atoms with E-state index in [2.05, 4.69) is 16.3 Å². The minimum atomic E-state index is 0.340. The van der Waals surface area contributed by atoms with Gasteiger partial charge in [0.05, 0.1) is 0 Å². The highest BCUT2D eigenvalue weighted by atomic mass is 32.1. The Morgan fingerprint density at radius 3 is 2.82 bits per heavy atom. The van der Waals surface area contributed by atoms with E-state index in [1.807, 2.05) is 23.5 Å². The molecule has 0 atom stereocenters. The number of hydrogen-bond acceptors (Lipinski definition) is 3. The van der Waals surface area contributed by atoms with Crippen LogP contribution in [0.25, 0.3) is 0 Å². The fraction of sp³-hybridized carbons (Fsp3) is 0.286. The maximum Gasteiger partial charge on any atom is 0.115 e. The van der Waals surface area contributed by atoms with Crippen molar-refractivity contribution in [1.82, 2.24) is 4.90 Å². The molecule has 3 rings (SSSR count). The maximum absolute atomic E-state index is 9.25. The summed E-state index contributed by atoms with van der Waals surface area (Å²) in [5.41, 5.74) is 2.75. The van der Waals surface area contributed by atoms with Crippen LogP contribution in [0.2, 0.25) is 0 Å². The van der Waals surface area contributed by atoms with Gasteiger partial charge in [-0.1, -0.05) is 12.1 Å². The van der Waals surface area contributed by atoms with Crippen molar-refractivity contribution in [2.45, 2.75) is 19.5 Å². The number of rotatable bonds is 2. The Hall–Kier alpha value is -1.32. The average molecular weight is 245 g/mol. The number of nitrogens with zero attached hydrogens (tertiary/aromatic N) is 1. The summed E-state index contributed by atoms with van der Waals surface area (Å²) in [6.07, 6.45) is 1.17. The van der Waals surface area contributed by atoms with Crippen LogP contribution >= 0.6 is 11.3 Å².